The lowest BCUT2D eigenvalue weighted by molar-refractivity contribution is -0.158. The second-order valence-corrected chi connectivity index (χ2v) is 7.21. The predicted molar refractivity (Wildman–Crippen MR) is 97.5 cm³/mol. The van der Waals surface area contributed by atoms with E-state index in [0.717, 1.165) is 12.8 Å². The maximum absolute atomic E-state index is 12.2. The fourth-order valence-corrected chi connectivity index (χ4v) is 2.36. The summed E-state index contributed by atoms with van der Waals surface area (Å²) in [4.78, 5) is 37.3. The van der Waals surface area contributed by atoms with Crippen LogP contribution >= 0.6 is 0 Å². The Balaban J connectivity index is 2.46. The first kappa shape index (κ1) is 20.9. The van der Waals surface area contributed by atoms with Gasteiger partial charge in [-0.1, -0.05) is 37.6 Å². The van der Waals surface area contributed by atoms with E-state index in [4.69, 9.17) is 4.74 Å². The zero-order valence-electron chi connectivity index (χ0n) is 15.9. The number of rotatable bonds is 8. The summed E-state index contributed by atoms with van der Waals surface area (Å²) in [6, 6.07) is 7.52. The third-order valence-electron chi connectivity index (χ3n) is 3.59. The summed E-state index contributed by atoms with van der Waals surface area (Å²) in [5.41, 5.74) is 1.23. The van der Waals surface area contributed by atoms with E-state index in [0.29, 0.717) is 5.56 Å². The number of benzene rings is 1. The Bertz CT molecular complexity index is 599. The van der Waals surface area contributed by atoms with Crippen LogP contribution in [0.5, 0.6) is 0 Å². The smallest absolute Gasteiger partial charge is 0.326 e. The summed E-state index contributed by atoms with van der Waals surface area (Å²) in [6.07, 6.45) is 2.26. The molecule has 0 spiro atoms. The normalized spacial score (nSPS) is 11.1. The van der Waals surface area contributed by atoms with E-state index in [2.05, 4.69) is 6.92 Å². The van der Waals surface area contributed by atoms with Crippen LogP contribution in [0.25, 0.3) is 0 Å². The summed E-state index contributed by atoms with van der Waals surface area (Å²) in [6.45, 7) is 7.32. The van der Waals surface area contributed by atoms with Crippen molar-refractivity contribution in [2.45, 2.75) is 59.0 Å². The van der Waals surface area contributed by atoms with Gasteiger partial charge in [-0.15, -0.1) is 0 Å². The summed E-state index contributed by atoms with van der Waals surface area (Å²) in [5, 5.41) is 0. The second kappa shape index (κ2) is 9.35. The van der Waals surface area contributed by atoms with Crippen LogP contribution in [0.2, 0.25) is 0 Å². The monoisotopic (exact) mass is 347 g/mol. The number of carbonyl (C=O) groups excluding carboxylic acids is 3. The zero-order valence-corrected chi connectivity index (χ0v) is 15.9. The maximum atomic E-state index is 12.2. The Morgan fingerprint density at radius 1 is 1.04 bits per heavy atom. The number of nitrogens with zero attached hydrogens (tertiary/aromatic N) is 1. The number of ketones is 1. The first-order valence-corrected chi connectivity index (χ1v) is 8.70. The van der Waals surface area contributed by atoms with Crippen LogP contribution in [0.4, 0.5) is 0 Å². The molecule has 0 heterocycles. The Morgan fingerprint density at radius 3 is 2.16 bits per heavy atom. The highest BCUT2D eigenvalue weighted by Crippen LogP contribution is 2.11. The third-order valence-corrected chi connectivity index (χ3v) is 3.59. The summed E-state index contributed by atoms with van der Waals surface area (Å²) >= 11 is 0. The van der Waals surface area contributed by atoms with Gasteiger partial charge in [0, 0.05) is 25.5 Å². The van der Waals surface area contributed by atoms with E-state index < -0.39 is 11.6 Å². The van der Waals surface area contributed by atoms with Crippen LogP contribution in [0.3, 0.4) is 0 Å². The Kier molecular flexibility index (Phi) is 7.81. The number of Topliss-reactive ketones (excluding diaryl/α,β-unsaturated/α-hetero) is 1. The molecule has 0 N–H and O–H groups in total. The molecule has 138 valence electrons. The van der Waals surface area contributed by atoms with Gasteiger partial charge in [0.05, 0.1) is 0 Å². The molecule has 25 heavy (non-hydrogen) atoms. The van der Waals surface area contributed by atoms with Crippen LogP contribution in [-0.2, 0) is 20.7 Å². The Hall–Kier alpha value is -2.17. The predicted octanol–water partition coefficient (Wildman–Crippen LogP) is 3.40. The summed E-state index contributed by atoms with van der Waals surface area (Å²) in [5.74, 6) is -0.773. The molecule has 0 saturated carbocycles. The van der Waals surface area contributed by atoms with Gasteiger partial charge in [0.25, 0.3) is 0 Å². The van der Waals surface area contributed by atoms with Crippen molar-refractivity contribution < 1.29 is 19.1 Å². The number of esters is 1. The molecule has 0 radical (unpaired) electrons. The van der Waals surface area contributed by atoms with Gasteiger partial charge >= 0.3 is 5.97 Å². The van der Waals surface area contributed by atoms with Crippen molar-refractivity contribution in [1.29, 1.82) is 0 Å². The molecule has 1 rings (SSSR count). The number of likely N-dealkylation sites (N-methyl/N-ethyl adjacent to an activating group) is 1. The average molecular weight is 347 g/mol. The number of hydrogen-bond donors (Lipinski definition) is 0. The van der Waals surface area contributed by atoms with E-state index in [-0.39, 0.29) is 31.1 Å². The Morgan fingerprint density at radius 2 is 1.64 bits per heavy atom. The molecule has 0 saturated heterocycles. The number of hydrogen-bond acceptors (Lipinski definition) is 4. The van der Waals surface area contributed by atoms with Crippen molar-refractivity contribution in [3.05, 3.63) is 35.4 Å². The highest BCUT2D eigenvalue weighted by atomic mass is 16.6. The highest BCUT2D eigenvalue weighted by Gasteiger charge is 2.20. The molecule has 0 aliphatic carbocycles. The van der Waals surface area contributed by atoms with Gasteiger partial charge in [-0.05, 0) is 32.8 Å². The lowest BCUT2D eigenvalue weighted by atomic mass is 10.0. The molecule has 1 aromatic rings. The molecule has 0 aliphatic heterocycles. The van der Waals surface area contributed by atoms with Gasteiger partial charge in [-0.2, -0.15) is 0 Å². The van der Waals surface area contributed by atoms with Crippen molar-refractivity contribution >= 4 is 17.7 Å². The first-order valence-electron chi connectivity index (χ1n) is 8.70. The van der Waals surface area contributed by atoms with Gasteiger partial charge in [0.1, 0.15) is 12.1 Å². The molecule has 1 aromatic carbocycles. The summed E-state index contributed by atoms with van der Waals surface area (Å²) in [7, 11) is 1.54. The maximum Gasteiger partial charge on any atom is 0.326 e. The van der Waals surface area contributed by atoms with Gasteiger partial charge < -0.3 is 9.64 Å². The van der Waals surface area contributed by atoms with Gasteiger partial charge in [0.2, 0.25) is 5.91 Å². The number of aryl methyl sites for hydroxylation is 1. The number of ether oxygens (including phenoxy) is 1. The van der Waals surface area contributed by atoms with E-state index >= 15 is 0 Å². The molecule has 0 aliphatic rings. The van der Waals surface area contributed by atoms with Crippen molar-refractivity contribution in [1.82, 2.24) is 4.90 Å². The quantitative estimate of drug-likeness (QED) is 0.534. The minimum Gasteiger partial charge on any atom is -0.459 e. The lowest BCUT2D eigenvalue weighted by Crippen LogP contribution is -2.36. The lowest BCUT2D eigenvalue weighted by Gasteiger charge is -2.22. The zero-order chi connectivity index (χ0) is 19.0. The van der Waals surface area contributed by atoms with Gasteiger partial charge in [0.15, 0.2) is 5.78 Å². The van der Waals surface area contributed by atoms with E-state index in [1.165, 1.54) is 17.5 Å². The minimum atomic E-state index is -0.582. The van der Waals surface area contributed by atoms with Crippen molar-refractivity contribution in [2.75, 3.05) is 13.6 Å². The molecule has 0 aromatic heterocycles. The number of amides is 1. The molecule has 5 heteroatoms. The fraction of sp³-hybridized carbons (Fsp3) is 0.550. The van der Waals surface area contributed by atoms with Gasteiger partial charge in [-0.3, -0.25) is 14.4 Å². The first-order chi connectivity index (χ1) is 11.6. The SMILES string of the molecule is CCCc1ccc(C(=O)CCC(=O)N(C)CC(=O)OC(C)(C)C)cc1. The van der Waals surface area contributed by atoms with Crippen LogP contribution in [0.1, 0.15) is 62.9 Å². The molecule has 0 bridgehead atoms. The average Bonchev–Trinajstić information content (AvgIpc) is 2.51. The molecule has 0 unspecified atom stereocenters. The van der Waals surface area contributed by atoms with Gasteiger partial charge in [-0.25, -0.2) is 0 Å². The van der Waals surface area contributed by atoms with E-state index in [1.807, 2.05) is 24.3 Å². The minimum absolute atomic E-state index is 0.0675. The molecule has 5 nitrogen and oxygen atoms in total. The van der Waals surface area contributed by atoms with Crippen LogP contribution < -0.4 is 0 Å². The van der Waals surface area contributed by atoms with Crippen LogP contribution in [0, 0.1) is 0 Å². The van der Waals surface area contributed by atoms with Crippen LogP contribution in [0.15, 0.2) is 24.3 Å². The highest BCUT2D eigenvalue weighted by molar-refractivity contribution is 5.98. The molecular formula is C20H29NO4. The molecule has 0 atom stereocenters. The molecule has 0 fully saturated rings. The standard InChI is InChI=1S/C20H29NO4/c1-6-7-15-8-10-16(11-9-15)17(22)12-13-18(23)21(5)14-19(24)25-20(2,3)4/h8-11H,6-7,12-14H2,1-5H3. The van der Waals surface area contributed by atoms with E-state index in [1.54, 1.807) is 20.8 Å². The summed E-state index contributed by atoms with van der Waals surface area (Å²) < 4.78 is 5.18. The Labute approximate surface area is 150 Å². The van der Waals surface area contributed by atoms with E-state index in [9.17, 15) is 14.4 Å². The second-order valence-electron chi connectivity index (χ2n) is 7.21. The van der Waals surface area contributed by atoms with Crippen LogP contribution in [-0.4, -0.2) is 41.8 Å². The number of carbonyl (C=O) groups is 3. The van der Waals surface area contributed by atoms with Crippen molar-refractivity contribution in [3.8, 4) is 0 Å². The van der Waals surface area contributed by atoms with Crippen molar-refractivity contribution in [2.24, 2.45) is 0 Å². The topological polar surface area (TPSA) is 63.7 Å². The third kappa shape index (κ3) is 7.96. The van der Waals surface area contributed by atoms with Crippen molar-refractivity contribution in [3.63, 3.8) is 0 Å². The molecule has 1 amide bonds. The fourth-order valence-electron chi connectivity index (χ4n) is 2.36. The largest absolute Gasteiger partial charge is 0.459 e. The molecular weight excluding hydrogens is 318 g/mol.